The molecule has 0 saturated heterocycles. The summed E-state index contributed by atoms with van der Waals surface area (Å²) in [6.45, 7) is 6.51. The Kier molecular flexibility index (Phi) is 5.83. The maximum atomic E-state index is 12.4. The van der Waals surface area contributed by atoms with Gasteiger partial charge in [-0.1, -0.05) is 13.8 Å². The van der Waals surface area contributed by atoms with Crippen LogP contribution in [0.25, 0.3) is 0 Å². The van der Waals surface area contributed by atoms with Crippen LogP contribution < -0.4 is 0 Å². The second-order valence-corrected chi connectivity index (χ2v) is 5.50. The zero-order valence-electron chi connectivity index (χ0n) is 12.3. The molecule has 0 bridgehead atoms. The zero-order chi connectivity index (χ0) is 14.4. The van der Waals surface area contributed by atoms with Crippen molar-refractivity contribution in [3.05, 3.63) is 29.8 Å². The highest BCUT2D eigenvalue weighted by atomic mass is 16.3. The molecule has 0 radical (unpaired) electrons. The van der Waals surface area contributed by atoms with E-state index in [1.54, 1.807) is 24.3 Å². The molecule has 106 valence electrons. The van der Waals surface area contributed by atoms with E-state index in [0.29, 0.717) is 18.0 Å². The first-order valence-electron chi connectivity index (χ1n) is 6.63. The predicted molar refractivity (Wildman–Crippen MR) is 77.4 cm³/mol. The first kappa shape index (κ1) is 15.5. The van der Waals surface area contributed by atoms with E-state index < -0.39 is 0 Å². The van der Waals surface area contributed by atoms with Crippen LogP contribution in [0.4, 0.5) is 0 Å². The molecule has 1 aromatic carbocycles. The smallest absolute Gasteiger partial charge is 0.253 e. The number of phenolic OH excluding ortho intramolecular Hbond substituents is 1. The molecule has 4 nitrogen and oxygen atoms in total. The number of amides is 1. The number of nitrogens with zero attached hydrogens (tertiary/aromatic N) is 2. The monoisotopic (exact) mass is 264 g/mol. The van der Waals surface area contributed by atoms with E-state index in [9.17, 15) is 9.90 Å². The van der Waals surface area contributed by atoms with Gasteiger partial charge in [0.05, 0.1) is 0 Å². The number of benzene rings is 1. The largest absolute Gasteiger partial charge is 0.508 e. The first-order valence-corrected chi connectivity index (χ1v) is 6.63. The van der Waals surface area contributed by atoms with E-state index >= 15 is 0 Å². The van der Waals surface area contributed by atoms with Gasteiger partial charge in [-0.15, -0.1) is 0 Å². The predicted octanol–water partition coefficient (Wildman–Crippen LogP) is 2.05. The fourth-order valence-electron chi connectivity index (χ4n) is 1.82. The van der Waals surface area contributed by atoms with Gasteiger partial charge in [-0.3, -0.25) is 4.79 Å². The van der Waals surface area contributed by atoms with Gasteiger partial charge in [0.1, 0.15) is 5.75 Å². The van der Waals surface area contributed by atoms with Gasteiger partial charge in [-0.25, -0.2) is 0 Å². The van der Waals surface area contributed by atoms with Crippen LogP contribution in [-0.4, -0.2) is 54.5 Å². The minimum atomic E-state index is 0.0237. The summed E-state index contributed by atoms with van der Waals surface area (Å²) in [7, 11) is 4.00. The molecule has 0 aliphatic carbocycles. The Bertz CT molecular complexity index is 399. The third-order valence-electron chi connectivity index (χ3n) is 2.80. The van der Waals surface area contributed by atoms with Gasteiger partial charge >= 0.3 is 0 Å². The Morgan fingerprint density at radius 1 is 1.16 bits per heavy atom. The summed E-state index contributed by atoms with van der Waals surface area (Å²) in [4.78, 5) is 16.4. The summed E-state index contributed by atoms with van der Waals surface area (Å²) < 4.78 is 0. The third kappa shape index (κ3) is 5.30. The van der Waals surface area contributed by atoms with E-state index in [1.165, 1.54) is 0 Å². The number of carbonyl (C=O) groups is 1. The van der Waals surface area contributed by atoms with Gasteiger partial charge in [0.15, 0.2) is 0 Å². The van der Waals surface area contributed by atoms with Crippen LogP contribution >= 0.6 is 0 Å². The first-order chi connectivity index (χ1) is 8.90. The molecule has 1 N–H and O–H groups in total. The van der Waals surface area contributed by atoms with E-state index in [0.717, 1.165) is 13.1 Å². The fraction of sp³-hybridized carbons (Fsp3) is 0.533. The molecule has 0 heterocycles. The lowest BCUT2D eigenvalue weighted by Crippen LogP contribution is -2.38. The van der Waals surface area contributed by atoms with Crippen molar-refractivity contribution >= 4 is 5.91 Å². The number of carbonyl (C=O) groups excluding carboxylic acids is 1. The molecule has 1 rings (SSSR count). The molecule has 4 heteroatoms. The lowest BCUT2D eigenvalue weighted by molar-refractivity contribution is 0.0724. The zero-order valence-corrected chi connectivity index (χ0v) is 12.3. The van der Waals surface area contributed by atoms with Crippen LogP contribution in [-0.2, 0) is 0 Å². The molecule has 0 spiro atoms. The number of rotatable bonds is 6. The van der Waals surface area contributed by atoms with E-state index in [1.807, 2.05) is 19.0 Å². The van der Waals surface area contributed by atoms with Gasteiger partial charge in [0, 0.05) is 25.2 Å². The summed E-state index contributed by atoms with van der Waals surface area (Å²) >= 11 is 0. The summed E-state index contributed by atoms with van der Waals surface area (Å²) in [6, 6.07) is 6.43. The van der Waals surface area contributed by atoms with Crippen LogP contribution in [0.2, 0.25) is 0 Å². The molecule has 0 fully saturated rings. The topological polar surface area (TPSA) is 43.8 Å². The Morgan fingerprint density at radius 2 is 1.74 bits per heavy atom. The molecule has 0 aliphatic rings. The van der Waals surface area contributed by atoms with Crippen LogP contribution in [0, 0.1) is 5.92 Å². The minimum absolute atomic E-state index is 0.0237. The molecule has 1 amide bonds. The SMILES string of the molecule is CC(C)CN(CCN(C)C)C(=O)c1ccc(O)cc1. The molecule has 0 unspecified atom stereocenters. The van der Waals surface area contributed by atoms with Crippen molar-refractivity contribution < 1.29 is 9.90 Å². The quantitative estimate of drug-likeness (QED) is 0.855. The third-order valence-corrected chi connectivity index (χ3v) is 2.80. The fourth-order valence-corrected chi connectivity index (χ4v) is 1.82. The molecule has 0 saturated carbocycles. The molecular formula is C15H24N2O2. The normalized spacial score (nSPS) is 11.1. The Morgan fingerprint density at radius 3 is 2.21 bits per heavy atom. The van der Waals surface area contributed by atoms with Crippen molar-refractivity contribution in [3.8, 4) is 5.75 Å². The summed E-state index contributed by atoms with van der Waals surface area (Å²) in [5.74, 6) is 0.638. The van der Waals surface area contributed by atoms with Gasteiger partial charge in [-0.2, -0.15) is 0 Å². The van der Waals surface area contributed by atoms with Crippen molar-refractivity contribution in [1.82, 2.24) is 9.80 Å². The van der Waals surface area contributed by atoms with Crippen molar-refractivity contribution in [2.45, 2.75) is 13.8 Å². The van der Waals surface area contributed by atoms with Gasteiger partial charge in [0.25, 0.3) is 5.91 Å². The minimum Gasteiger partial charge on any atom is -0.508 e. The second-order valence-electron chi connectivity index (χ2n) is 5.50. The van der Waals surface area contributed by atoms with Crippen LogP contribution in [0.1, 0.15) is 24.2 Å². The van der Waals surface area contributed by atoms with Crippen molar-refractivity contribution in [3.63, 3.8) is 0 Å². The molecule has 0 atom stereocenters. The van der Waals surface area contributed by atoms with E-state index in [-0.39, 0.29) is 11.7 Å². The highest BCUT2D eigenvalue weighted by molar-refractivity contribution is 5.94. The maximum Gasteiger partial charge on any atom is 0.253 e. The van der Waals surface area contributed by atoms with Crippen LogP contribution in [0.3, 0.4) is 0 Å². The van der Waals surface area contributed by atoms with E-state index in [4.69, 9.17) is 0 Å². The number of aromatic hydroxyl groups is 1. The standard InChI is InChI=1S/C15H24N2O2/c1-12(2)11-17(10-9-16(3)4)15(19)13-5-7-14(18)8-6-13/h5-8,12,18H,9-11H2,1-4H3. The van der Waals surface area contributed by atoms with Crippen LogP contribution in [0.15, 0.2) is 24.3 Å². The Balaban J connectivity index is 2.77. The Hall–Kier alpha value is -1.55. The second kappa shape index (κ2) is 7.14. The van der Waals surface area contributed by atoms with Crippen molar-refractivity contribution in [2.75, 3.05) is 33.7 Å². The lowest BCUT2D eigenvalue weighted by Gasteiger charge is -2.26. The molecule has 0 aliphatic heterocycles. The molecular weight excluding hydrogens is 240 g/mol. The van der Waals surface area contributed by atoms with Gasteiger partial charge in [-0.05, 0) is 44.3 Å². The molecule has 0 aromatic heterocycles. The number of hydrogen-bond donors (Lipinski definition) is 1. The van der Waals surface area contributed by atoms with Crippen molar-refractivity contribution in [2.24, 2.45) is 5.92 Å². The lowest BCUT2D eigenvalue weighted by atomic mass is 10.1. The van der Waals surface area contributed by atoms with Crippen molar-refractivity contribution in [1.29, 1.82) is 0 Å². The summed E-state index contributed by atoms with van der Waals surface area (Å²) in [5.41, 5.74) is 0.622. The maximum absolute atomic E-state index is 12.4. The summed E-state index contributed by atoms with van der Waals surface area (Å²) in [5, 5.41) is 9.27. The highest BCUT2D eigenvalue weighted by Gasteiger charge is 2.16. The Labute approximate surface area is 115 Å². The number of phenols is 1. The molecule has 19 heavy (non-hydrogen) atoms. The average molecular weight is 264 g/mol. The molecule has 1 aromatic rings. The van der Waals surface area contributed by atoms with E-state index in [2.05, 4.69) is 18.7 Å². The van der Waals surface area contributed by atoms with Crippen LogP contribution in [0.5, 0.6) is 5.75 Å². The highest BCUT2D eigenvalue weighted by Crippen LogP contribution is 2.12. The van der Waals surface area contributed by atoms with Gasteiger partial charge in [0.2, 0.25) is 0 Å². The average Bonchev–Trinajstić information content (AvgIpc) is 2.34. The summed E-state index contributed by atoms with van der Waals surface area (Å²) in [6.07, 6.45) is 0. The number of hydrogen-bond acceptors (Lipinski definition) is 3. The van der Waals surface area contributed by atoms with Gasteiger partial charge < -0.3 is 14.9 Å². The number of likely N-dealkylation sites (N-methyl/N-ethyl adjacent to an activating group) is 1.